The number of ether oxygens (including phenoxy) is 2. The molecule has 2 unspecified atom stereocenters. The second kappa shape index (κ2) is 9.38. The largest absolute Gasteiger partial charge is 0.385 e. The number of nitrogens with one attached hydrogen (secondary N) is 2. The summed E-state index contributed by atoms with van der Waals surface area (Å²) in [6.45, 7) is 5.30. The second-order valence-corrected chi connectivity index (χ2v) is 3.75. The fourth-order valence-corrected chi connectivity index (χ4v) is 1.21. The number of hydrogen-bond donors (Lipinski definition) is 3. The van der Waals surface area contributed by atoms with Crippen molar-refractivity contribution in [1.29, 1.82) is 0 Å². The molecule has 0 aliphatic carbocycles. The fraction of sp³-hybridized carbons (Fsp3) is 0.900. The van der Waals surface area contributed by atoms with Crippen LogP contribution in [0.2, 0.25) is 0 Å². The van der Waals surface area contributed by atoms with Gasteiger partial charge in [-0.3, -0.25) is 5.43 Å². The number of hydrogen-bond acceptors (Lipinski definition) is 4. The van der Waals surface area contributed by atoms with Gasteiger partial charge in [-0.2, -0.15) is 0 Å². The van der Waals surface area contributed by atoms with Crippen LogP contribution in [0.1, 0.15) is 20.3 Å². The van der Waals surface area contributed by atoms with Crippen molar-refractivity contribution in [3.63, 3.8) is 0 Å². The second-order valence-electron chi connectivity index (χ2n) is 3.75. The van der Waals surface area contributed by atoms with Crippen molar-refractivity contribution >= 4 is 5.96 Å². The SMILES string of the molecule is COCCC(C)N=C(NN)NC(C)COC. The van der Waals surface area contributed by atoms with Crippen LogP contribution in [0.5, 0.6) is 0 Å². The van der Waals surface area contributed by atoms with E-state index in [1.54, 1.807) is 14.2 Å². The van der Waals surface area contributed by atoms with E-state index in [0.717, 1.165) is 6.42 Å². The van der Waals surface area contributed by atoms with Crippen molar-refractivity contribution < 1.29 is 9.47 Å². The van der Waals surface area contributed by atoms with Crippen LogP contribution < -0.4 is 16.6 Å². The molecule has 0 heterocycles. The predicted molar refractivity (Wildman–Crippen MR) is 65.2 cm³/mol. The molecule has 6 heteroatoms. The number of aliphatic imine (C=N–C) groups is 1. The van der Waals surface area contributed by atoms with Crippen molar-refractivity contribution in [1.82, 2.24) is 10.7 Å². The highest BCUT2D eigenvalue weighted by molar-refractivity contribution is 5.79. The Balaban J connectivity index is 4.08. The van der Waals surface area contributed by atoms with Crippen LogP contribution in [0.4, 0.5) is 0 Å². The van der Waals surface area contributed by atoms with E-state index >= 15 is 0 Å². The lowest BCUT2D eigenvalue weighted by Gasteiger charge is -2.17. The zero-order valence-corrected chi connectivity index (χ0v) is 10.6. The molecule has 0 aliphatic heterocycles. The number of nitrogens with two attached hydrogens (primary N) is 1. The van der Waals surface area contributed by atoms with E-state index in [2.05, 4.69) is 15.7 Å². The van der Waals surface area contributed by atoms with Crippen molar-refractivity contribution in [2.24, 2.45) is 10.8 Å². The van der Waals surface area contributed by atoms with Gasteiger partial charge in [-0.1, -0.05) is 0 Å². The maximum absolute atomic E-state index is 5.38. The zero-order valence-electron chi connectivity index (χ0n) is 10.6. The number of guanidine groups is 1. The first-order valence-electron chi connectivity index (χ1n) is 5.42. The Bertz CT molecular complexity index is 199. The lowest BCUT2D eigenvalue weighted by Crippen LogP contribution is -2.47. The lowest BCUT2D eigenvalue weighted by atomic mass is 10.2. The summed E-state index contributed by atoms with van der Waals surface area (Å²) < 4.78 is 10.00. The maximum atomic E-state index is 5.38. The lowest BCUT2D eigenvalue weighted by molar-refractivity contribution is 0.178. The Kier molecular flexibility index (Phi) is 8.88. The third-order valence-electron chi connectivity index (χ3n) is 2.03. The quantitative estimate of drug-likeness (QED) is 0.246. The minimum absolute atomic E-state index is 0.160. The van der Waals surface area contributed by atoms with Crippen molar-refractivity contribution in [2.75, 3.05) is 27.4 Å². The summed E-state index contributed by atoms with van der Waals surface area (Å²) in [4.78, 5) is 4.39. The van der Waals surface area contributed by atoms with Gasteiger partial charge in [-0.25, -0.2) is 10.8 Å². The molecule has 0 spiro atoms. The first kappa shape index (κ1) is 15.2. The molecule has 2 atom stereocenters. The monoisotopic (exact) mass is 232 g/mol. The minimum atomic E-state index is 0.160. The molecule has 0 saturated heterocycles. The highest BCUT2D eigenvalue weighted by Crippen LogP contribution is 1.96. The van der Waals surface area contributed by atoms with Crippen LogP contribution in [-0.4, -0.2) is 45.5 Å². The third-order valence-corrected chi connectivity index (χ3v) is 2.03. The Labute approximate surface area is 97.6 Å². The van der Waals surface area contributed by atoms with Crippen LogP contribution in [0, 0.1) is 0 Å². The normalized spacial score (nSPS) is 15.7. The van der Waals surface area contributed by atoms with Crippen LogP contribution >= 0.6 is 0 Å². The highest BCUT2D eigenvalue weighted by atomic mass is 16.5. The van der Waals surface area contributed by atoms with Gasteiger partial charge in [0.25, 0.3) is 0 Å². The standard InChI is InChI=1S/C10H24N4O2/c1-8(5-6-15-3)12-10(14-11)13-9(2)7-16-4/h8-9H,5-7,11H2,1-4H3,(H2,12,13,14). The van der Waals surface area contributed by atoms with Gasteiger partial charge in [0.05, 0.1) is 12.6 Å². The summed E-state index contributed by atoms with van der Waals surface area (Å²) in [5, 5.41) is 3.12. The molecule has 0 amide bonds. The average Bonchev–Trinajstić information content (AvgIpc) is 2.25. The molecule has 0 rings (SSSR count). The van der Waals surface area contributed by atoms with E-state index in [4.69, 9.17) is 15.3 Å². The number of hydrazine groups is 1. The minimum Gasteiger partial charge on any atom is -0.385 e. The van der Waals surface area contributed by atoms with Gasteiger partial charge in [0.2, 0.25) is 5.96 Å². The smallest absolute Gasteiger partial charge is 0.206 e. The Morgan fingerprint density at radius 2 is 2.00 bits per heavy atom. The molecule has 4 N–H and O–H groups in total. The molecular weight excluding hydrogens is 208 g/mol. The molecule has 0 fully saturated rings. The van der Waals surface area contributed by atoms with Gasteiger partial charge in [0.15, 0.2) is 0 Å². The summed E-state index contributed by atoms with van der Waals surface area (Å²) in [5.74, 6) is 5.96. The van der Waals surface area contributed by atoms with Gasteiger partial charge >= 0.3 is 0 Å². The summed E-state index contributed by atoms with van der Waals surface area (Å²) >= 11 is 0. The number of nitrogens with zero attached hydrogens (tertiary/aromatic N) is 1. The van der Waals surface area contributed by atoms with Crippen LogP contribution in [0.25, 0.3) is 0 Å². The third kappa shape index (κ3) is 7.44. The van der Waals surface area contributed by atoms with E-state index in [1.807, 2.05) is 13.8 Å². The Morgan fingerprint density at radius 1 is 1.31 bits per heavy atom. The molecule has 0 saturated carbocycles. The maximum Gasteiger partial charge on any atom is 0.206 e. The summed E-state index contributed by atoms with van der Waals surface area (Å²) in [7, 11) is 3.34. The summed E-state index contributed by atoms with van der Waals surface area (Å²) in [6.07, 6.45) is 0.863. The molecule has 0 aromatic rings. The summed E-state index contributed by atoms with van der Waals surface area (Å²) in [5.41, 5.74) is 2.54. The van der Waals surface area contributed by atoms with Crippen molar-refractivity contribution in [2.45, 2.75) is 32.4 Å². The van der Waals surface area contributed by atoms with Crippen LogP contribution in [0.15, 0.2) is 4.99 Å². The van der Waals surface area contributed by atoms with Crippen molar-refractivity contribution in [3.8, 4) is 0 Å². The van der Waals surface area contributed by atoms with E-state index in [9.17, 15) is 0 Å². The molecule has 96 valence electrons. The molecular formula is C10H24N4O2. The molecule has 0 radical (unpaired) electrons. The van der Waals surface area contributed by atoms with Crippen molar-refractivity contribution in [3.05, 3.63) is 0 Å². The van der Waals surface area contributed by atoms with Gasteiger partial charge in [-0.15, -0.1) is 0 Å². The first-order valence-corrected chi connectivity index (χ1v) is 5.42. The molecule has 0 bridgehead atoms. The van der Waals surface area contributed by atoms with Crippen LogP contribution in [-0.2, 0) is 9.47 Å². The molecule has 16 heavy (non-hydrogen) atoms. The van der Waals surface area contributed by atoms with E-state index in [-0.39, 0.29) is 12.1 Å². The summed E-state index contributed by atoms with van der Waals surface area (Å²) in [6, 6.07) is 0.322. The van der Waals surface area contributed by atoms with E-state index in [1.165, 1.54) is 0 Å². The Morgan fingerprint density at radius 3 is 2.50 bits per heavy atom. The molecule has 0 aromatic carbocycles. The zero-order chi connectivity index (χ0) is 12.4. The molecule has 0 aromatic heterocycles. The average molecular weight is 232 g/mol. The van der Waals surface area contributed by atoms with Gasteiger partial charge in [0.1, 0.15) is 0 Å². The fourth-order valence-electron chi connectivity index (χ4n) is 1.21. The highest BCUT2D eigenvalue weighted by Gasteiger charge is 2.06. The number of rotatable bonds is 7. The van der Waals surface area contributed by atoms with Gasteiger partial charge in [-0.05, 0) is 20.3 Å². The first-order chi connectivity index (χ1) is 7.63. The molecule has 0 aliphatic rings. The molecule has 6 nitrogen and oxygen atoms in total. The van der Waals surface area contributed by atoms with E-state index in [0.29, 0.717) is 19.2 Å². The van der Waals surface area contributed by atoms with E-state index < -0.39 is 0 Å². The number of methoxy groups -OCH3 is 2. The van der Waals surface area contributed by atoms with Gasteiger partial charge in [0, 0.05) is 26.9 Å². The topological polar surface area (TPSA) is 80.9 Å². The van der Waals surface area contributed by atoms with Gasteiger partial charge < -0.3 is 14.8 Å². The van der Waals surface area contributed by atoms with Crippen LogP contribution in [0.3, 0.4) is 0 Å². The Hall–Kier alpha value is -0.850. The predicted octanol–water partition coefficient (Wildman–Crippen LogP) is -0.145.